The summed E-state index contributed by atoms with van der Waals surface area (Å²) in [7, 11) is 0. The number of imidazole rings is 1. The van der Waals surface area contributed by atoms with Crippen LogP contribution in [-0.4, -0.2) is 45.5 Å². The van der Waals surface area contributed by atoms with Crippen molar-refractivity contribution in [1.29, 1.82) is 0 Å². The molecule has 0 aliphatic heterocycles. The molecular weight excluding hydrogens is 348 g/mol. The third kappa shape index (κ3) is 4.65. The summed E-state index contributed by atoms with van der Waals surface area (Å²) < 4.78 is 1.93. The second kappa shape index (κ2) is 9.74. The fraction of sp³-hybridized carbons (Fsp3) is 0.500. The van der Waals surface area contributed by atoms with Crippen LogP contribution in [0.15, 0.2) is 43.0 Å². The molecule has 1 heterocycles. The van der Waals surface area contributed by atoms with Crippen LogP contribution in [0.3, 0.4) is 0 Å². The van der Waals surface area contributed by atoms with Crippen LogP contribution in [0.4, 0.5) is 0 Å². The summed E-state index contributed by atoms with van der Waals surface area (Å²) in [6.07, 6.45) is 10.1. The fourth-order valence-electron chi connectivity index (χ4n) is 3.86. The summed E-state index contributed by atoms with van der Waals surface area (Å²) in [4.78, 5) is 19.2. The Bertz CT molecular complexity index is 668. The molecule has 2 unspecified atom stereocenters. The van der Waals surface area contributed by atoms with Gasteiger partial charge in [0.05, 0.1) is 6.33 Å². The molecule has 1 saturated carbocycles. The molecule has 6 heteroatoms. The fourth-order valence-corrected chi connectivity index (χ4v) is 3.86. The molecule has 3 rings (SSSR count). The maximum Gasteiger partial charge on any atom is 0.251 e. The number of rotatable bonds is 6. The average Bonchev–Trinajstić information content (AvgIpc) is 3.19. The van der Waals surface area contributed by atoms with Gasteiger partial charge in [-0.2, -0.15) is 0 Å². The van der Waals surface area contributed by atoms with Crippen LogP contribution in [0, 0.1) is 0 Å². The number of nitrogens with one attached hydrogen (secondary N) is 1. The highest BCUT2D eigenvalue weighted by molar-refractivity contribution is 5.94. The molecule has 26 heavy (non-hydrogen) atoms. The molecule has 0 saturated heterocycles. The molecule has 1 aromatic carbocycles. The van der Waals surface area contributed by atoms with Crippen molar-refractivity contribution in [3.8, 4) is 5.69 Å². The largest absolute Gasteiger partial charge is 0.348 e. The average molecular weight is 377 g/mol. The van der Waals surface area contributed by atoms with E-state index >= 15 is 0 Å². The summed E-state index contributed by atoms with van der Waals surface area (Å²) >= 11 is 0. The van der Waals surface area contributed by atoms with Crippen molar-refractivity contribution in [2.75, 3.05) is 13.1 Å². The van der Waals surface area contributed by atoms with Crippen molar-refractivity contribution in [3.63, 3.8) is 0 Å². The van der Waals surface area contributed by atoms with Crippen LogP contribution < -0.4 is 5.32 Å². The highest BCUT2D eigenvalue weighted by atomic mass is 35.5. The first-order valence-corrected chi connectivity index (χ1v) is 9.36. The van der Waals surface area contributed by atoms with Crippen LogP contribution in [-0.2, 0) is 0 Å². The number of benzene rings is 1. The first-order chi connectivity index (χ1) is 12.2. The third-order valence-corrected chi connectivity index (χ3v) is 5.26. The zero-order valence-corrected chi connectivity index (χ0v) is 16.4. The highest BCUT2D eigenvalue weighted by Gasteiger charge is 2.30. The smallest absolute Gasteiger partial charge is 0.251 e. The first kappa shape index (κ1) is 20.5. The normalized spacial score (nSPS) is 19.8. The van der Waals surface area contributed by atoms with E-state index in [0.717, 1.165) is 25.2 Å². The topological polar surface area (TPSA) is 50.2 Å². The SMILES string of the molecule is CCN(CC)C1CCCCC1NC(=O)c1ccc(-n2ccnc2)cc1.Cl. The quantitative estimate of drug-likeness (QED) is 0.836. The van der Waals surface area contributed by atoms with E-state index < -0.39 is 0 Å². The summed E-state index contributed by atoms with van der Waals surface area (Å²) in [5.74, 6) is 0.0289. The molecular formula is C20H29ClN4O. The van der Waals surface area contributed by atoms with E-state index in [1.165, 1.54) is 19.3 Å². The lowest BCUT2D eigenvalue weighted by atomic mass is 9.88. The van der Waals surface area contributed by atoms with Gasteiger partial charge in [0.15, 0.2) is 0 Å². The van der Waals surface area contributed by atoms with Crippen molar-refractivity contribution in [1.82, 2.24) is 19.8 Å². The standard InChI is InChI=1S/C20H28N4O.ClH/c1-3-23(4-2)19-8-6-5-7-18(19)22-20(25)16-9-11-17(12-10-16)24-14-13-21-15-24;/h9-15,18-19H,3-8H2,1-2H3,(H,22,25);1H. The molecule has 142 valence electrons. The summed E-state index contributed by atoms with van der Waals surface area (Å²) in [5.41, 5.74) is 1.72. The Morgan fingerprint density at radius 3 is 2.50 bits per heavy atom. The van der Waals surface area contributed by atoms with Crippen LogP contribution in [0.5, 0.6) is 0 Å². The lowest BCUT2D eigenvalue weighted by molar-refractivity contribution is 0.0846. The van der Waals surface area contributed by atoms with Crippen LogP contribution in [0.2, 0.25) is 0 Å². The van der Waals surface area contributed by atoms with Gasteiger partial charge in [0.1, 0.15) is 0 Å². The van der Waals surface area contributed by atoms with Gasteiger partial charge < -0.3 is 9.88 Å². The molecule has 0 bridgehead atoms. The number of halogens is 1. The number of hydrogen-bond donors (Lipinski definition) is 1. The Labute approximate surface area is 162 Å². The molecule has 1 aliphatic carbocycles. The van der Waals surface area contributed by atoms with Crippen LogP contribution in [0.1, 0.15) is 49.9 Å². The first-order valence-electron chi connectivity index (χ1n) is 9.36. The van der Waals surface area contributed by atoms with Crippen LogP contribution >= 0.6 is 12.4 Å². The van der Waals surface area contributed by atoms with E-state index in [2.05, 4.69) is 29.0 Å². The Hall–Kier alpha value is -1.85. The van der Waals surface area contributed by atoms with Gasteiger partial charge in [-0.05, 0) is 50.2 Å². The number of amides is 1. The zero-order valence-electron chi connectivity index (χ0n) is 15.6. The number of hydrogen-bond acceptors (Lipinski definition) is 3. The minimum absolute atomic E-state index is 0. The number of aromatic nitrogens is 2. The predicted molar refractivity (Wildman–Crippen MR) is 107 cm³/mol. The number of nitrogens with zero attached hydrogens (tertiary/aromatic N) is 3. The zero-order chi connectivity index (χ0) is 17.6. The number of carbonyl (C=O) groups is 1. The number of carbonyl (C=O) groups excluding carboxylic acids is 1. The second-order valence-corrected chi connectivity index (χ2v) is 6.67. The van der Waals surface area contributed by atoms with E-state index in [1.807, 2.05) is 35.0 Å². The molecule has 2 atom stereocenters. The summed E-state index contributed by atoms with van der Waals surface area (Å²) in [5, 5.41) is 3.29. The molecule has 1 aromatic heterocycles. The van der Waals surface area contributed by atoms with E-state index in [-0.39, 0.29) is 24.4 Å². The van der Waals surface area contributed by atoms with Gasteiger partial charge in [-0.15, -0.1) is 12.4 Å². The molecule has 0 spiro atoms. The maximum atomic E-state index is 12.7. The second-order valence-electron chi connectivity index (χ2n) is 6.67. The monoisotopic (exact) mass is 376 g/mol. The van der Waals surface area contributed by atoms with Crippen molar-refractivity contribution in [3.05, 3.63) is 48.5 Å². The van der Waals surface area contributed by atoms with Gasteiger partial charge in [-0.25, -0.2) is 4.98 Å². The van der Waals surface area contributed by atoms with E-state index in [1.54, 1.807) is 12.5 Å². The maximum absolute atomic E-state index is 12.7. The molecule has 2 aromatic rings. The van der Waals surface area contributed by atoms with Crippen molar-refractivity contribution in [2.24, 2.45) is 0 Å². The van der Waals surface area contributed by atoms with Gasteiger partial charge in [0, 0.05) is 35.7 Å². The molecule has 1 amide bonds. The lowest BCUT2D eigenvalue weighted by Crippen LogP contribution is -2.53. The van der Waals surface area contributed by atoms with E-state index in [4.69, 9.17) is 0 Å². The molecule has 1 fully saturated rings. The Balaban J connectivity index is 0.00000243. The van der Waals surface area contributed by atoms with Crippen LogP contribution in [0.25, 0.3) is 5.69 Å². The number of likely N-dealkylation sites (N-methyl/N-ethyl adjacent to an activating group) is 1. The highest BCUT2D eigenvalue weighted by Crippen LogP contribution is 2.23. The lowest BCUT2D eigenvalue weighted by Gasteiger charge is -2.39. The molecule has 1 aliphatic rings. The summed E-state index contributed by atoms with van der Waals surface area (Å²) in [6.45, 7) is 6.47. The minimum Gasteiger partial charge on any atom is -0.348 e. The molecule has 0 radical (unpaired) electrons. The van der Waals surface area contributed by atoms with E-state index in [9.17, 15) is 4.79 Å². The predicted octanol–water partition coefficient (Wildman–Crippen LogP) is 3.68. The third-order valence-electron chi connectivity index (χ3n) is 5.26. The summed E-state index contributed by atoms with van der Waals surface area (Å²) in [6, 6.07) is 8.39. The van der Waals surface area contributed by atoms with Crippen molar-refractivity contribution < 1.29 is 4.79 Å². The molecule has 1 N–H and O–H groups in total. The van der Waals surface area contributed by atoms with Gasteiger partial charge in [0.25, 0.3) is 5.91 Å². The Morgan fingerprint density at radius 1 is 1.19 bits per heavy atom. The minimum atomic E-state index is 0. The van der Waals surface area contributed by atoms with Gasteiger partial charge in [0.2, 0.25) is 0 Å². The van der Waals surface area contributed by atoms with Crippen molar-refractivity contribution >= 4 is 18.3 Å². The van der Waals surface area contributed by atoms with Gasteiger partial charge in [-0.3, -0.25) is 9.69 Å². The Morgan fingerprint density at radius 2 is 1.88 bits per heavy atom. The van der Waals surface area contributed by atoms with Gasteiger partial charge >= 0.3 is 0 Å². The Kier molecular flexibility index (Phi) is 7.66. The molecule has 5 nitrogen and oxygen atoms in total. The van der Waals surface area contributed by atoms with Gasteiger partial charge in [-0.1, -0.05) is 26.7 Å². The van der Waals surface area contributed by atoms with Crippen molar-refractivity contribution in [2.45, 2.75) is 51.6 Å². The van der Waals surface area contributed by atoms with E-state index in [0.29, 0.717) is 11.6 Å².